The van der Waals surface area contributed by atoms with Crippen LogP contribution in [0.1, 0.15) is 0 Å². The first-order chi connectivity index (χ1) is 8.56. The van der Waals surface area contributed by atoms with Gasteiger partial charge in [-0.3, -0.25) is 10.1 Å². The topological polar surface area (TPSA) is 104 Å². The Morgan fingerprint density at radius 3 is 2.78 bits per heavy atom. The second-order valence-corrected chi connectivity index (χ2v) is 3.63. The Kier molecular flexibility index (Phi) is 3.24. The van der Waals surface area contributed by atoms with Crippen molar-refractivity contribution in [1.29, 1.82) is 0 Å². The number of non-ortho nitro benzene ring substituents is 1. The number of ether oxygens (including phenoxy) is 1. The van der Waals surface area contributed by atoms with Gasteiger partial charge in [0, 0.05) is 24.4 Å². The number of anilines is 1. The lowest BCUT2D eigenvalue weighted by Gasteiger charge is -2.06. The second kappa shape index (κ2) is 4.84. The highest BCUT2D eigenvalue weighted by Gasteiger charge is 2.11. The van der Waals surface area contributed by atoms with Crippen LogP contribution in [-0.4, -0.2) is 14.9 Å². The molecule has 1 aromatic carbocycles. The van der Waals surface area contributed by atoms with Crippen molar-refractivity contribution in [2.45, 2.75) is 0 Å². The molecule has 18 heavy (non-hydrogen) atoms. The molecule has 0 atom stereocenters. The molecule has 7 nitrogen and oxygen atoms in total. The van der Waals surface area contributed by atoms with Crippen molar-refractivity contribution in [3.05, 3.63) is 45.6 Å². The maximum absolute atomic E-state index is 10.5. The summed E-state index contributed by atoms with van der Waals surface area (Å²) >= 11 is 5.86. The first-order valence-electron chi connectivity index (χ1n) is 4.76. The molecule has 0 aliphatic carbocycles. The number of nitro benzene ring substituents is 1. The van der Waals surface area contributed by atoms with Crippen LogP contribution in [0.15, 0.2) is 30.5 Å². The number of halogens is 1. The molecule has 0 aliphatic heterocycles. The standard InChI is InChI=1S/C10H7ClN4O3/c11-7-5-6(15(16)17)1-2-8(7)18-9-3-4-13-10(12)14-9/h1-5H,(H2,12,13,14). The Morgan fingerprint density at radius 1 is 1.39 bits per heavy atom. The molecule has 0 bridgehead atoms. The molecule has 2 aromatic rings. The maximum Gasteiger partial charge on any atom is 0.271 e. The van der Waals surface area contributed by atoms with Crippen LogP contribution in [0.25, 0.3) is 0 Å². The molecular formula is C10H7ClN4O3. The van der Waals surface area contributed by atoms with E-state index in [1.807, 2.05) is 0 Å². The molecule has 8 heteroatoms. The van der Waals surface area contributed by atoms with E-state index in [0.717, 1.165) is 0 Å². The number of hydrogen-bond donors (Lipinski definition) is 1. The SMILES string of the molecule is Nc1nccc(Oc2ccc([N+](=O)[O-])cc2Cl)n1. The van der Waals surface area contributed by atoms with Gasteiger partial charge in [-0.1, -0.05) is 11.6 Å². The Balaban J connectivity index is 2.27. The van der Waals surface area contributed by atoms with Crippen LogP contribution in [0.4, 0.5) is 11.6 Å². The number of nitrogen functional groups attached to an aromatic ring is 1. The molecule has 0 saturated carbocycles. The predicted octanol–water partition coefficient (Wildman–Crippen LogP) is 2.41. The van der Waals surface area contributed by atoms with Gasteiger partial charge in [-0.25, -0.2) is 4.98 Å². The molecular weight excluding hydrogens is 260 g/mol. The van der Waals surface area contributed by atoms with E-state index >= 15 is 0 Å². The van der Waals surface area contributed by atoms with E-state index in [1.165, 1.54) is 30.5 Å². The van der Waals surface area contributed by atoms with E-state index in [1.54, 1.807) is 0 Å². The van der Waals surface area contributed by atoms with Crippen molar-refractivity contribution in [3.8, 4) is 11.6 Å². The largest absolute Gasteiger partial charge is 0.437 e. The zero-order valence-electron chi connectivity index (χ0n) is 8.91. The van der Waals surface area contributed by atoms with Gasteiger partial charge in [-0.05, 0) is 6.07 Å². The fourth-order valence-electron chi connectivity index (χ4n) is 1.21. The number of benzene rings is 1. The molecule has 0 aliphatic rings. The highest BCUT2D eigenvalue weighted by atomic mass is 35.5. The minimum atomic E-state index is -0.543. The van der Waals surface area contributed by atoms with Gasteiger partial charge in [0.2, 0.25) is 11.8 Å². The van der Waals surface area contributed by atoms with E-state index in [4.69, 9.17) is 22.1 Å². The average molecular weight is 267 g/mol. The zero-order chi connectivity index (χ0) is 13.1. The van der Waals surface area contributed by atoms with E-state index < -0.39 is 4.92 Å². The highest BCUT2D eigenvalue weighted by Crippen LogP contribution is 2.31. The first kappa shape index (κ1) is 12.1. The number of aromatic nitrogens is 2. The first-order valence-corrected chi connectivity index (χ1v) is 5.14. The van der Waals surface area contributed by atoms with Gasteiger partial charge < -0.3 is 10.5 Å². The van der Waals surface area contributed by atoms with Gasteiger partial charge in [0.05, 0.1) is 9.95 Å². The summed E-state index contributed by atoms with van der Waals surface area (Å²) in [5, 5.41) is 10.6. The number of nitrogens with zero attached hydrogens (tertiary/aromatic N) is 3. The molecule has 0 radical (unpaired) electrons. The molecule has 0 spiro atoms. The van der Waals surface area contributed by atoms with E-state index in [-0.39, 0.29) is 28.3 Å². The van der Waals surface area contributed by atoms with Crippen LogP contribution < -0.4 is 10.5 Å². The van der Waals surface area contributed by atoms with Gasteiger partial charge in [-0.15, -0.1) is 0 Å². The number of rotatable bonds is 3. The lowest BCUT2D eigenvalue weighted by molar-refractivity contribution is -0.384. The van der Waals surface area contributed by atoms with Crippen LogP contribution in [0.5, 0.6) is 11.6 Å². The van der Waals surface area contributed by atoms with Crippen molar-refractivity contribution in [1.82, 2.24) is 9.97 Å². The summed E-state index contributed by atoms with van der Waals surface area (Å²) in [5.41, 5.74) is 5.27. The highest BCUT2D eigenvalue weighted by molar-refractivity contribution is 6.32. The average Bonchev–Trinajstić information content (AvgIpc) is 2.31. The Labute approximate surface area is 106 Å². The Hall–Kier alpha value is -2.41. The van der Waals surface area contributed by atoms with Crippen LogP contribution in [0, 0.1) is 10.1 Å². The molecule has 2 N–H and O–H groups in total. The minimum absolute atomic E-state index is 0.0607. The minimum Gasteiger partial charge on any atom is -0.437 e. The third-order valence-corrected chi connectivity index (χ3v) is 2.28. The normalized spacial score (nSPS) is 10.1. The van der Waals surface area contributed by atoms with E-state index in [9.17, 15) is 10.1 Å². The third-order valence-electron chi connectivity index (χ3n) is 1.99. The smallest absolute Gasteiger partial charge is 0.271 e. The van der Waals surface area contributed by atoms with Crippen molar-refractivity contribution in [2.75, 3.05) is 5.73 Å². The van der Waals surface area contributed by atoms with Gasteiger partial charge in [0.1, 0.15) is 5.75 Å². The monoisotopic (exact) mass is 266 g/mol. The van der Waals surface area contributed by atoms with Crippen molar-refractivity contribution >= 4 is 23.2 Å². The number of nitro groups is 1. The van der Waals surface area contributed by atoms with Gasteiger partial charge in [0.25, 0.3) is 5.69 Å². The van der Waals surface area contributed by atoms with Crippen molar-refractivity contribution in [2.24, 2.45) is 0 Å². The molecule has 1 aromatic heterocycles. The quantitative estimate of drug-likeness (QED) is 0.676. The summed E-state index contributed by atoms with van der Waals surface area (Å²) in [7, 11) is 0. The summed E-state index contributed by atoms with van der Waals surface area (Å²) in [5.74, 6) is 0.518. The Morgan fingerprint density at radius 2 is 2.17 bits per heavy atom. The van der Waals surface area contributed by atoms with Gasteiger partial charge in [-0.2, -0.15) is 4.98 Å². The molecule has 1 heterocycles. The summed E-state index contributed by atoms with van der Waals surface area (Å²) in [6.07, 6.45) is 1.43. The lowest BCUT2D eigenvalue weighted by Crippen LogP contribution is -1.96. The fourth-order valence-corrected chi connectivity index (χ4v) is 1.43. The van der Waals surface area contributed by atoms with Crippen LogP contribution in [0.3, 0.4) is 0 Å². The summed E-state index contributed by atoms with van der Waals surface area (Å²) in [4.78, 5) is 17.5. The van der Waals surface area contributed by atoms with Crippen LogP contribution in [-0.2, 0) is 0 Å². The molecule has 0 unspecified atom stereocenters. The van der Waals surface area contributed by atoms with Gasteiger partial charge >= 0.3 is 0 Å². The molecule has 0 fully saturated rings. The van der Waals surface area contributed by atoms with E-state index in [0.29, 0.717) is 0 Å². The van der Waals surface area contributed by atoms with Crippen LogP contribution in [0.2, 0.25) is 5.02 Å². The summed E-state index contributed by atoms with van der Waals surface area (Å²) < 4.78 is 5.34. The maximum atomic E-state index is 10.5. The third kappa shape index (κ3) is 2.64. The van der Waals surface area contributed by atoms with Crippen molar-refractivity contribution < 1.29 is 9.66 Å². The fraction of sp³-hybridized carbons (Fsp3) is 0. The summed E-state index contributed by atoms with van der Waals surface area (Å²) in [6.45, 7) is 0. The number of nitrogens with two attached hydrogens (primary N) is 1. The molecule has 0 amide bonds. The Bertz CT molecular complexity index is 605. The molecule has 92 valence electrons. The second-order valence-electron chi connectivity index (χ2n) is 3.23. The lowest BCUT2D eigenvalue weighted by atomic mass is 10.3. The van der Waals surface area contributed by atoms with Crippen molar-refractivity contribution in [3.63, 3.8) is 0 Å². The molecule has 2 rings (SSSR count). The predicted molar refractivity (Wildman–Crippen MR) is 64.6 cm³/mol. The summed E-state index contributed by atoms with van der Waals surface area (Å²) in [6, 6.07) is 5.36. The van der Waals surface area contributed by atoms with Gasteiger partial charge in [0.15, 0.2) is 0 Å². The van der Waals surface area contributed by atoms with Crippen LogP contribution >= 0.6 is 11.6 Å². The molecule has 0 saturated heterocycles. The zero-order valence-corrected chi connectivity index (χ0v) is 9.66. The van der Waals surface area contributed by atoms with E-state index in [2.05, 4.69) is 9.97 Å². The number of hydrogen-bond acceptors (Lipinski definition) is 6.